The number of hydrogen-bond donors (Lipinski definition) is 1. The Bertz CT molecular complexity index is 437. The number of carbonyl (C=O) groups is 1. The molecular formula is C12H22N2O4S. The first-order chi connectivity index (χ1) is 8.96. The average Bonchev–Trinajstić information content (AvgIpc) is 2.87. The summed E-state index contributed by atoms with van der Waals surface area (Å²) in [5.41, 5.74) is 5.84. The molecule has 0 amide bonds. The molecule has 1 saturated heterocycles. The lowest BCUT2D eigenvalue weighted by atomic mass is 10.1. The van der Waals surface area contributed by atoms with Gasteiger partial charge in [0, 0.05) is 19.1 Å². The Balaban J connectivity index is 2.16. The number of esters is 1. The molecule has 3 atom stereocenters. The van der Waals surface area contributed by atoms with Gasteiger partial charge in [0.1, 0.15) is 0 Å². The topological polar surface area (TPSA) is 89.7 Å². The van der Waals surface area contributed by atoms with Gasteiger partial charge in [-0.25, -0.2) is 12.7 Å². The highest BCUT2D eigenvalue weighted by molar-refractivity contribution is 7.89. The fourth-order valence-electron chi connectivity index (χ4n) is 3.10. The van der Waals surface area contributed by atoms with E-state index in [1.54, 1.807) is 0 Å². The zero-order chi connectivity index (χ0) is 14.0. The van der Waals surface area contributed by atoms with E-state index in [0.717, 1.165) is 19.3 Å². The molecule has 3 unspecified atom stereocenters. The van der Waals surface area contributed by atoms with E-state index in [1.165, 1.54) is 11.4 Å². The number of nitrogens with two attached hydrogens (primary N) is 1. The predicted octanol–water partition coefficient (Wildman–Crippen LogP) is 0.0810. The maximum Gasteiger partial charge on any atom is 0.310 e. The van der Waals surface area contributed by atoms with Crippen LogP contribution in [0.1, 0.15) is 32.1 Å². The van der Waals surface area contributed by atoms with Crippen molar-refractivity contribution in [1.29, 1.82) is 0 Å². The molecular weight excluding hydrogens is 268 g/mol. The van der Waals surface area contributed by atoms with Crippen LogP contribution in [0.25, 0.3) is 0 Å². The number of rotatable bonds is 3. The van der Waals surface area contributed by atoms with Crippen LogP contribution in [0.3, 0.4) is 0 Å². The van der Waals surface area contributed by atoms with Gasteiger partial charge in [0.25, 0.3) is 0 Å². The minimum absolute atomic E-state index is 0.0958. The summed E-state index contributed by atoms with van der Waals surface area (Å²) >= 11 is 0. The van der Waals surface area contributed by atoms with Crippen LogP contribution in [-0.4, -0.2) is 50.2 Å². The smallest absolute Gasteiger partial charge is 0.310 e. The molecule has 0 bridgehead atoms. The number of hydrogen-bond acceptors (Lipinski definition) is 5. The number of methoxy groups -OCH3 is 1. The summed E-state index contributed by atoms with van der Waals surface area (Å²) in [6.45, 7) is 0.882. The highest BCUT2D eigenvalue weighted by Gasteiger charge is 2.45. The van der Waals surface area contributed by atoms with Crippen molar-refractivity contribution < 1.29 is 17.9 Å². The van der Waals surface area contributed by atoms with Gasteiger partial charge in [-0.3, -0.25) is 4.79 Å². The highest BCUT2D eigenvalue weighted by Crippen LogP contribution is 2.34. The standard InChI is InChI=1S/C12H22N2O4S/c1-18-12(15)10-5-2-6-11(10)19(16,17)14-7-3-4-9(13)8-14/h9-11H,2-8,13H2,1H3. The summed E-state index contributed by atoms with van der Waals surface area (Å²) in [6.07, 6.45) is 3.53. The van der Waals surface area contributed by atoms with Gasteiger partial charge in [0.15, 0.2) is 0 Å². The molecule has 0 aromatic rings. The Morgan fingerprint density at radius 1 is 1.26 bits per heavy atom. The first-order valence-corrected chi connectivity index (χ1v) is 8.29. The Labute approximate surface area is 114 Å². The fraction of sp³-hybridized carbons (Fsp3) is 0.917. The summed E-state index contributed by atoms with van der Waals surface area (Å²) in [5.74, 6) is -0.930. The Morgan fingerprint density at radius 3 is 2.63 bits per heavy atom. The summed E-state index contributed by atoms with van der Waals surface area (Å²) in [7, 11) is -2.14. The highest BCUT2D eigenvalue weighted by atomic mass is 32.2. The molecule has 2 fully saturated rings. The number of nitrogens with zero attached hydrogens (tertiary/aromatic N) is 1. The molecule has 2 aliphatic rings. The maximum absolute atomic E-state index is 12.6. The van der Waals surface area contributed by atoms with Gasteiger partial charge in [-0.15, -0.1) is 0 Å². The molecule has 2 rings (SSSR count). The zero-order valence-corrected chi connectivity index (χ0v) is 12.1. The van der Waals surface area contributed by atoms with Crippen LogP contribution in [0.15, 0.2) is 0 Å². The van der Waals surface area contributed by atoms with E-state index in [-0.39, 0.29) is 6.04 Å². The van der Waals surface area contributed by atoms with Gasteiger partial charge in [-0.2, -0.15) is 0 Å². The van der Waals surface area contributed by atoms with Crippen LogP contribution in [0.5, 0.6) is 0 Å². The average molecular weight is 290 g/mol. The third-order valence-corrected chi connectivity index (χ3v) is 6.50. The van der Waals surface area contributed by atoms with Gasteiger partial charge in [0.2, 0.25) is 10.0 Å². The first-order valence-electron chi connectivity index (χ1n) is 6.79. The molecule has 1 aliphatic carbocycles. The van der Waals surface area contributed by atoms with Gasteiger partial charge >= 0.3 is 5.97 Å². The third kappa shape index (κ3) is 2.93. The van der Waals surface area contributed by atoms with Crippen molar-refractivity contribution in [1.82, 2.24) is 4.31 Å². The zero-order valence-electron chi connectivity index (χ0n) is 11.2. The van der Waals surface area contributed by atoms with Crippen LogP contribution < -0.4 is 5.73 Å². The third-order valence-electron chi connectivity index (χ3n) is 4.12. The van der Waals surface area contributed by atoms with Gasteiger partial charge in [-0.05, 0) is 25.7 Å². The van der Waals surface area contributed by atoms with E-state index in [0.29, 0.717) is 25.9 Å². The summed E-state index contributed by atoms with van der Waals surface area (Å²) < 4.78 is 31.4. The lowest BCUT2D eigenvalue weighted by Crippen LogP contribution is -2.50. The molecule has 2 N–H and O–H groups in total. The number of piperidine rings is 1. The molecule has 0 spiro atoms. The molecule has 0 aromatic heterocycles. The second-order valence-electron chi connectivity index (χ2n) is 5.40. The lowest BCUT2D eigenvalue weighted by Gasteiger charge is -2.33. The van der Waals surface area contributed by atoms with Crippen molar-refractivity contribution in [3.8, 4) is 0 Å². The predicted molar refractivity (Wildman–Crippen MR) is 70.8 cm³/mol. The van der Waals surface area contributed by atoms with Crippen molar-refractivity contribution in [3.63, 3.8) is 0 Å². The molecule has 0 radical (unpaired) electrons. The number of ether oxygens (including phenoxy) is 1. The molecule has 1 saturated carbocycles. The minimum Gasteiger partial charge on any atom is -0.469 e. The summed E-state index contributed by atoms with van der Waals surface area (Å²) in [4.78, 5) is 11.7. The Hall–Kier alpha value is -0.660. The van der Waals surface area contributed by atoms with Crippen molar-refractivity contribution in [2.45, 2.75) is 43.4 Å². The van der Waals surface area contributed by atoms with Crippen LogP contribution in [0.4, 0.5) is 0 Å². The van der Waals surface area contributed by atoms with Gasteiger partial charge < -0.3 is 10.5 Å². The lowest BCUT2D eigenvalue weighted by molar-refractivity contribution is -0.145. The second-order valence-corrected chi connectivity index (χ2v) is 7.56. The maximum atomic E-state index is 12.6. The first kappa shape index (κ1) is 14.7. The molecule has 1 aliphatic heterocycles. The summed E-state index contributed by atoms with van der Waals surface area (Å²) in [6, 6.07) is -0.0958. The Kier molecular flexibility index (Phi) is 4.47. The van der Waals surface area contributed by atoms with Crippen molar-refractivity contribution in [2.24, 2.45) is 11.7 Å². The van der Waals surface area contributed by atoms with E-state index in [1.807, 2.05) is 0 Å². The minimum atomic E-state index is -3.45. The number of carbonyl (C=O) groups excluding carboxylic acids is 1. The van der Waals surface area contributed by atoms with E-state index < -0.39 is 27.2 Å². The van der Waals surface area contributed by atoms with Gasteiger partial charge in [-0.1, -0.05) is 6.42 Å². The van der Waals surface area contributed by atoms with E-state index in [9.17, 15) is 13.2 Å². The molecule has 19 heavy (non-hydrogen) atoms. The normalized spacial score (nSPS) is 33.3. The van der Waals surface area contributed by atoms with Crippen LogP contribution in [0.2, 0.25) is 0 Å². The fourth-order valence-corrected chi connectivity index (χ4v) is 5.39. The van der Waals surface area contributed by atoms with Crippen LogP contribution >= 0.6 is 0 Å². The Morgan fingerprint density at radius 2 is 2.00 bits per heavy atom. The van der Waals surface area contributed by atoms with Crippen LogP contribution in [0, 0.1) is 5.92 Å². The largest absolute Gasteiger partial charge is 0.469 e. The molecule has 6 nitrogen and oxygen atoms in total. The molecule has 7 heteroatoms. The SMILES string of the molecule is COC(=O)C1CCCC1S(=O)(=O)N1CCCC(N)C1. The van der Waals surface area contributed by atoms with E-state index in [4.69, 9.17) is 10.5 Å². The van der Waals surface area contributed by atoms with Crippen molar-refractivity contribution in [2.75, 3.05) is 20.2 Å². The van der Waals surface area contributed by atoms with Crippen molar-refractivity contribution >= 4 is 16.0 Å². The van der Waals surface area contributed by atoms with E-state index in [2.05, 4.69) is 0 Å². The molecule has 1 heterocycles. The summed E-state index contributed by atoms with van der Waals surface area (Å²) in [5, 5.41) is -0.634. The second kappa shape index (κ2) is 5.76. The quantitative estimate of drug-likeness (QED) is 0.744. The molecule has 110 valence electrons. The molecule has 0 aromatic carbocycles. The van der Waals surface area contributed by atoms with E-state index >= 15 is 0 Å². The van der Waals surface area contributed by atoms with Crippen LogP contribution in [-0.2, 0) is 19.6 Å². The van der Waals surface area contributed by atoms with Crippen molar-refractivity contribution in [3.05, 3.63) is 0 Å². The number of sulfonamides is 1. The van der Waals surface area contributed by atoms with Gasteiger partial charge in [0.05, 0.1) is 18.3 Å². The monoisotopic (exact) mass is 290 g/mol.